The standard InChI is InChI=1S/C6H14N2.C6H15N.C6H14.2C2H6/c1-7-3-5-8(2)6-4-7;1-5-7(4)6(2)3;1-4-6(3)5-2;2*1-2/h3-6H2,1-2H3;6H,5H2,1-4H3;6H,4-5H2,1-3H3;2*1-2H3. The van der Waals surface area contributed by atoms with Crippen LogP contribution in [0.5, 0.6) is 0 Å². The van der Waals surface area contributed by atoms with E-state index in [1.165, 1.54) is 39.0 Å². The number of rotatable bonds is 4. The lowest BCUT2D eigenvalue weighted by Crippen LogP contribution is -2.42. The average Bonchev–Trinajstić information content (AvgIpc) is 2.66. The molecule has 3 heteroatoms. The fourth-order valence-electron chi connectivity index (χ4n) is 1.56. The van der Waals surface area contributed by atoms with Crippen LogP contribution in [0, 0.1) is 5.92 Å². The van der Waals surface area contributed by atoms with Crippen molar-refractivity contribution in [1.82, 2.24) is 14.7 Å². The Labute approximate surface area is 163 Å². The number of likely N-dealkylation sites (N-methyl/N-ethyl adjacent to an activating group) is 2. The van der Waals surface area contributed by atoms with Gasteiger partial charge in [-0.25, -0.2) is 0 Å². The van der Waals surface area contributed by atoms with Crippen molar-refractivity contribution >= 4 is 0 Å². The third-order valence-electron chi connectivity index (χ3n) is 4.50. The van der Waals surface area contributed by atoms with E-state index < -0.39 is 0 Å². The number of hydrogen-bond donors (Lipinski definition) is 0. The van der Waals surface area contributed by atoms with Gasteiger partial charge in [-0.2, -0.15) is 0 Å². The second-order valence-electron chi connectivity index (χ2n) is 6.70. The quantitative estimate of drug-likeness (QED) is 0.635. The summed E-state index contributed by atoms with van der Waals surface area (Å²) in [5.74, 6) is 0.935. The van der Waals surface area contributed by atoms with Crippen LogP contribution in [0.15, 0.2) is 0 Å². The van der Waals surface area contributed by atoms with Gasteiger partial charge in [0.05, 0.1) is 0 Å². The SMILES string of the molecule is CC.CC.CCC(C)CC.CCN(C)C(C)C.CN1CCN(C)CC1. The molecule has 0 aromatic rings. The Bertz CT molecular complexity index is 185. The summed E-state index contributed by atoms with van der Waals surface area (Å²) in [4.78, 5) is 7.01. The maximum atomic E-state index is 2.36. The second-order valence-corrected chi connectivity index (χ2v) is 6.70. The van der Waals surface area contributed by atoms with Gasteiger partial charge in [-0.05, 0) is 47.5 Å². The van der Waals surface area contributed by atoms with Gasteiger partial charge in [-0.3, -0.25) is 0 Å². The molecule has 3 nitrogen and oxygen atoms in total. The van der Waals surface area contributed by atoms with Gasteiger partial charge in [0.15, 0.2) is 0 Å². The first-order valence-electron chi connectivity index (χ1n) is 10.9. The van der Waals surface area contributed by atoms with Gasteiger partial charge in [0.2, 0.25) is 0 Å². The zero-order chi connectivity index (χ0) is 20.8. The van der Waals surface area contributed by atoms with Crippen LogP contribution in [-0.2, 0) is 0 Å². The van der Waals surface area contributed by atoms with Crippen molar-refractivity contribution in [2.75, 3.05) is 53.9 Å². The fraction of sp³-hybridized carbons (Fsp3) is 1.00. The number of piperazine rings is 1. The Morgan fingerprint density at radius 2 is 1.00 bits per heavy atom. The molecule has 1 rings (SSSR count). The summed E-state index contributed by atoms with van der Waals surface area (Å²) < 4.78 is 0. The summed E-state index contributed by atoms with van der Waals surface area (Å²) in [7, 11) is 6.48. The molecular formula is C22H55N3. The molecule has 25 heavy (non-hydrogen) atoms. The monoisotopic (exact) mass is 361 g/mol. The van der Waals surface area contributed by atoms with Gasteiger partial charge >= 0.3 is 0 Å². The Morgan fingerprint density at radius 3 is 1.08 bits per heavy atom. The molecule has 158 valence electrons. The van der Waals surface area contributed by atoms with Gasteiger partial charge in [-0.1, -0.05) is 68.2 Å². The van der Waals surface area contributed by atoms with Crippen LogP contribution in [-0.4, -0.2) is 74.6 Å². The summed E-state index contributed by atoms with van der Waals surface area (Å²) in [5.41, 5.74) is 0. The van der Waals surface area contributed by atoms with Crippen LogP contribution in [0.3, 0.4) is 0 Å². The van der Waals surface area contributed by atoms with Crippen LogP contribution in [0.4, 0.5) is 0 Å². The minimum absolute atomic E-state index is 0.699. The van der Waals surface area contributed by atoms with Gasteiger partial charge in [0.25, 0.3) is 0 Å². The van der Waals surface area contributed by atoms with Gasteiger partial charge < -0.3 is 14.7 Å². The minimum atomic E-state index is 0.699. The van der Waals surface area contributed by atoms with Gasteiger partial charge in [-0.15, -0.1) is 0 Å². The molecule has 0 amide bonds. The van der Waals surface area contributed by atoms with E-state index in [-0.39, 0.29) is 0 Å². The summed E-state index contributed by atoms with van der Waals surface area (Å²) in [6, 6.07) is 0.699. The summed E-state index contributed by atoms with van der Waals surface area (Å²) in [5, 5.41) is 0. The first-order chi connectivity index (χ1) is 11.8. The molecule has 1 aliphatic rings. The van der Waals surface area contributed by atoms with Crippen molar-refractivity contribution in [3.05, 3.63) is 0 Å². The largest absolute Gasteiger partial charge is 0.304 e. The van der Waals surface area contributed by atoms with E-state index in [9.17, 15) is 0 Å². The first kappa shape index (κ1) is 32.5. The Hall–Kier alpha value is -0.120. The third kappa shape index (κ3) is 28.9. The lowest BCUT2D eigenvalue weighted by molar-refractivity contribution is 0.181. The predicted molar refractivity (Wildman–Crippen MR) is 121 cm³/mol. The zero-order valence-corrected chi connectivity index (χ0v) is 20.4. The zero-order valence-electron chi connectivity index (χ0n) is 20.4. The third-order valence-corrected chi connectivity index (χ3v) is 4.50. The highest BCUT2D eigenvalue weighted by atomic mass is 15.2. The van der Waals surface area contributed by atoms with Crippen molar-refractivity contribution in [2.24, 2.45) is 5.92 Å². The summed E-state index contributed by atoms with van der Waals surface area (Å²) >= 11 is 0. The Balaban J connectivity index is -0.000000121. The molecule has 0 unspecified atom stereocenters. The van der Waals surface area contributed by atoms with E-state index in [4.69, 9.17) is 0 Å². The molecular weight excluding hydrogens is 306 g/mol. The van der Waals surface area contributed by atoms with Crippen molar-refractivity contribution in [3.8, 4) is 0 Å². The Morgan fingerprint density at radius 1 is 0.720 bits per heavy atom. The van der Waals surface area contributed by atoms with E-state index in [1.54, 1.807) is 0 Å². The maximum Gasteiger partial charge on any atom is 0.0107 e. The molecule has 1 saturated heterocycles. The predicted octanol–water partition coefficient (Wildman–Crippen LogP) is 5.71. The number of hydrogen-bond acceptors (Lipinski definition) is 3. The highest BCUT2D eigenvalue weighted by molar-refractivity contribution is 4.64. The van der Waals surface area contributed by atoms with E-state index >= 15 is 0 Å². The van der Waals surface area contributed by atoms with Gasteiger partial charge in [0.1, 0.15) is 0 Å². The number of nitrogens with zero attached hydrogens (tertiary/aromatic N) is 3. The molecule has 0 bridgehead atoms. The molecule has 1 heterocycles. The molecule has 0 atom stereocenters. The van der Waals surface area contributed by atoms with Crippen molar-refractivity contribution in [1.29, 1.82) is 0 Å². The molecule has 0 aromatic carbocycles. The van der Waals surface area contributed by atoms with Gasteiger partial charge in [0, 0.05) is 32.2 Å². The van der Waals surface area contributed by atoms with Crippen molar-refractivity contribution < 1.29 is 0 Å². The van der Waals surface area contributed by atoms with Crippen LogP contribution in [0.1, 0.15) is 82.1 Å². The topological polar surface area (TPSA) is 9.72 Å². The Kier molecular flexibility index (Phi) is 34.0. The smallest absolute Gasteiger partial charge is 0.0107 e. The molecule has 0 aromatic heterocycles. The minimum Gasteiger partial charge on any atom is -0.304 e. The second kappa shape index (κ2) is 26.1. The lowest BCUT2D eigenvalue weighted by Gasteiger charge is -2.28. The van der Waals surface area contributed by atoms with E-state index in [0.29, 0.717) is 6.04 Å². The normalized spacial score (nSPS) is 14.4. The highest BCUT2D eigenvalue weighted by Crippen LogP contribution is 2.02. The fourth-order valence-corrected chi connectivity index (χ4v) is 1.56. The van der Waals surface area contributed by atoms with E-state index in [1.807, 2.05) is 27.7 Å². The first-order valence-corrected chi connectivity index (χ1v) is 10.9. The molecule has 0 N–H and O–H groups in total. The molecule has 1 fully saturated rings. The van der Waals surface area contributed by atoms with Crippen LogP contribution in [0.25, 0.3) is 0 Å². The maximum absolute atomic E-state index is 2.36. The molecule has 0 radical (unpaired) electrons. The molecule has 1 aliphatic heterocycles. The van der Waals surface area contributed by atoms with Crippen molar-refractivity contribution in [3.63, 3.8) is 0 Å². The van der Waals surface area contributed by atoms with Crippen LogP contribution in [0.2, 0.25) is 0 Å². The highest BCUT2D eigenvalue weighted by Gasteiger charge is 2.07. The van der Waals surface area contributed by atoms with Crippen molar-refractivity contribution in [2.45, 2.75) is 88.1 Å². The summed E-state index contributed by atoms with van der Waals surface area (Å²) in [6.07, 6.45) is 2.66. The average molecular weight is 362 g/mol. The van der Waals surface area contributed by atoms with Crippen LogP contribution >= 0.6 is 0 Å². The molecule has 0 aliphatic carbocycles. The lowest BCUT2D eigenvalue weighted by atomic mass is 10.1. The van der Waals surface area contributed by atoms with E-state index in [0.717, 1.165) is 12.5 Å². The summed E-state index contributed by atoms with van der Waals surface area (Å²) in [6.45, 7) is 27.4. The van der Waals surface area contributed by atoms with E-state index in [2.05, 4.69) is 77.4 Å². The molecule has 0 saturated carbocycles. The molecule has 0 spiro atoms. The van der Waals surface area contributed by atoms with Crippen LogP contribution < -0.4 is 0 Å².